The van der Waals surface area contributed by atoms with Gasteiger partial charge in [0.25, 0.3) is 5.09 Å². The maximum Gasteiger partial charge on any atom is 0.304 e. The van der Waals surface area contributed by atoms with Gasteiger partial charge in [-0.2, -0.15) is 0 Å². The van der Waals surface area contributed by atoms with E-state index in [1.807, 2.05) is 0 Å². The summed E-state index contributed by atoms with van der Waals surface area (Å²) in [4.78, 5) is 25.5. The molecule has 2 atom stereocenters. The Labute approximate surface area is 108 Å². The molecule has 2 unspecified atom stereocenters. The van der Waals surface area contributed by atoms with Gasteiger partial charge < -0.3 is 20.0 Å². The molecule has 0 aromatic rings. The van der Waals surface area contributed by atoms with Crippen LogP contribution in [-0.4, -0.2) is 35.9 Å². The first-order valence-electron chi connectivity index (χ1n) is 5.82. The topological polar surface area (TPSA) is 111 Å². The predicted molar refractivity (Wildman–Crippen MR) is 62.3 cm³/mol. The molecule has 0 spiro atoms. The highest BCUT2D eigenvalue weighted by molar-refractivity contribution is 5.68. The van der Waals surface area contributed by atoms with Gasteiger partial charge in [-0.15, -0.1) is 10.1 Å². The third-order valence-electron chi connectivity index (χ3n) is 3.14. The van der Waals surface area contributed by atoms with Gasteiger partial charge in [-0.25, -0.2) is 0 Å². The first kappa shape index (κ1) is 13.2. The fraction of sp³-hybridized carbons (Fsp3) is 0.545. The maximum atomic E-state index is 10.9. The quantitative estimate of drug-likeness (QED) is 0.527. The van der Waals surface area contributed by atoms with Gasteiger partial charge in [-0.05, 0) is 11.1 Å². The molecule has 0 amide bonds. The van der Waals surface area contributed by atoms with E-state index < -0.39 is 17.0 Å². The summed E-state index contributed by atoms with van der Waals surface area (Å²) in [6.45, 7) is 0.970. The first-order chi connectivity index (χ1) is 9.08. The summed E-state index contributed by atoms with van der Waals surface area (Å²) in [5, 5.41) is 21.3. The van der Waals surface area contributed by atoms with E-state index in [0.717, 1.165) is 5.57 Å². The van der Waals surface area contributed by atoms with Gasteiger partial charge in [-0.1, -0.05) is 0 Å². The van der Waals surface area contributed by atoms with E-state index in [1.54, 1.807) is 12.5 Å². The SMILES string of the molecule is O=C(O)CC(CO[N+](=O)[O-])C1=CNCC2COC=C12. The molecule has 2 N–H and O–H groups in total. The Morgan fingerprint density at radius 3 is 3.21 bits per heavy atom. The Hall–Kier alpha value is -2.25. The Balaban J connectivity index is 2.14. The zero-order valence-corrected chi connectivity index (χ0v) is 10.1. The lowest BCUT2D eigenvalue weighted by Gasteiger charge is -2.26. The summed E-state index contributed by atoms with van der Waals surface area (Å²) >= 11 is 0. The van der Waals surface area contributed by atoms with Crippen molar-refractivity contribution in [1.29, 1.82) is 0 Å². The van der Waals surface area contributed by atoms with Gasteiger partial charge in [0.2, 0.25) is 0 Å². The number of ether oxygens (including phenoxy) is 1. The highest BCUT2D eigenvalue weighted by Gasteiger charge is 2.32. The third kappa shape index (κ3) is 3.15. The number of nitrogens with one attached hydrogen (secondary N) is 1. The lowest BCUT2D eigenvalue weighted by Crippen LogP contribution is -2.31. The lowest BCUT2D eigenvalue weighted by molar-refractivity contribution is -0.759. The van der Waals surface area contributed by atoms with Crippen LogP contribution in [-0.2, 0) is 14.4 Å². The van der Waals surface area contributed by atoms with Crippen molar-refractivity contribution >= 4 is 5.97 Å². The lowest BCUT2D eigenvalue weighted by atomic mass is 9.84. The Morgan fingerprint density at radius 1 is 1.74 bits per heavy atom. The van der Waals surface area contributed by atoms with E-state index >= 15 is 0 Å². The molecule has 0 aromatic carbocycles. The van der Waals surface area contributed by atoms with Gasteiger partial charge in [-0.3, -0.25) is 4.79 Å². The van der Waals surface area contributed by atoms with Gasteiger partial charge >= 0.3 is 5.97 Å². The average Bonchev–Trinajstić information content (AvgIpc) is 2.81. The van der Waals surface area contributed by atoms with Gasteiger partial charge in [0.1, 0.15) is 6.61 Å². The highest BCUT2D eigenvalue weighted by atomic mass is 16.9. The molecular weight excluding hydrogens is 256 g/mol. The summed E-state index contributed by atoms with van der Waals surface area (Å²) < 4.78 is 5.24. The molecule has 0 saturated heterocycles. The summed E-state index contributed by atoms with van der Waals surface area (Å²) in [7, 11) is 0. The number of fused-ring (bicyclic) bond motifs is 1. The van der Waals surface area contributed by atoms with Crippen LogP contribution in [0.2, 0.25) is 0 Å². The summed E-state index contributed by atoms with van der Waals surface area (Å²) in [5.41, 5.74) is 1.61. The van der Waals surface area contributed by atoms with Gasteiger partial charge in [0.15, 0.2) is 0 Å². The van der Waals surface area contributed by atoms with Crippen molar-refractivity contribution < 1.29 is 24.6 Å². The number of carboxylic acids is 1. The predicted octanol–water partition coefficient (Wildman–Crippen LogP) is 0.303. The molecule has 0 fully saturated rings. The fourth-order valence-electron chi connectivity index (χ4n) is 2.28. The van der Waals surface area contributed by atoms with Crippen molar-refractivity contribution in [3.63, 3.8) is 0 Å². The highest BCUT2D eigenvalue weighted by Crippen LogP contribution is 2.34. The maximum absolute atomic E-state index is 10.9. The third-order valence-corrected chi connectivity index (χ3v) is 3.14. The molecule has 104 valence electrons. The van der Waals surface area contributed by atoms with Crippen LogP contribution in [0.3, 0.4) is 0 Å². The van der Waals surface area contributed by atoms with E-state index in [2.05, 4.69) is 10.2 Å². The average molecular weight is 270 g/mol. The Bertz CT molecular complexity index is 444. The second-order valence-corrected chi connectivity index (χ2v) is 4.43. The minimum absolute atomic E-state index is 0.159. The Kier molecular flexibility index (Phi) is 3.88. The molecule has 0 aromatic heterocycles. The molecule has 2 heterocycles. The molecule has 2 aliphatic rings. The van der Waals surface area contributed by atoms with Crippen LogP contribution >= 0.6 is 0 Å². The van der Waals surface area contributed by atoms with Crippen molar-refractivity contribution in [2.24, 2.45) is 11.8 Å². The molecule has 19 heavy (non-hydrogen) atoms. The summed E-state index contributed by atoms with van der Waals surface area (Å²) in [6.07, 6.45) is 3.05. The molecule has 0 radical (unpaired) electrons. The molecular formula is C11H14N2O6. The van der Waals surface area contributed by atoms with Crippen molar-refractivity contribution in [1.82, 2.24) is 5.32 Å². The summed E-state index contributed by atoms with van der Waals surface area (Å²) in [6, 6.07) is 0. The molecule has 0 saturated carbocycles. The second-order valence-electron chi connectivity index (χ2n) is 4.43. The van der Waals surface area contributed by atoms with Crippen LogP contribution in [0.15, 0.2) is 23.6 Å². The molecule has 2 rings (SSSR count). The molecule has 0 bridgehead atoms. The number of hydrogen-bond acceptors (Lipinski definition) is 6. The van der Waals surface area contributed by atoms with E-state index in [-0.39, 0.29) is 18.9 Å². The van der Waals surface area contributed by atoms with E-state index in [4.69, 9.17) is 9.84 Å². The zero-order valence-electron chi connectivity index (χ0n) is 10.1. The van der Waals surface area contributed by atoms with Crippen molar-refractivity contribution in [2.75, 3.05) is 19.8 Å². The Morgan fingerprint density at radius 2 is 2.53 bits per heavy atom. The largest absolute Gasteiger partial charge is 0.500 e. The van der Waals surface area contributed by atoms with Gasteiger partial charge in [0, 0.05) is 24.6 Å². The number of aliphatic carboxylic acids is 1. The minimum atomic E-state index is -1.03. The van der Waals surface area contributed by atoms with Crippen LogP contribution < -0.4 is 5.32 Å². The van der Waals surface area contributed by atoms with Crippen molar-refractivity contribution in [2.45, 2.75) is 6.42 Å². The standard InChI is InChI=1S/C11H14N2O6/c14-11(15)1-7(5-19-13(16)17)9-3-12-2-8-4-18-6-10(8)9/h3,6-8,12H,1-2,4-5H2,(H,14,15). The van der Waals surface area contributed by atoms with Crippen molar-refractivity contribution in [3.8, 4) is 0 Å². The molecule has 8 heteroatoms. The van der Waals surface area contributed by atoms with Crippen LogP contribution in [0.5, 0.6) is 0 Å². The smallest absolute Gasteiger partial charge is 0.304 e. The zero-order chi connectivity index (χ0) is 13.8. The number of rotatable bonds is 6. The first-order valence-corrected chi connectivity index (χ1v) is 5.82. The van der Waals surface area contributed by atoms with Crippen LogP contribution in [0.25, 0.3) is 0 Å². The van der Waals surface area contributed by atoms with Crippen LogP contribution in [0, 0.1) is 22.0 Å². The molecule has 0 aliphatic carbocycles. The number of carbonyl (C=O) groups is 1. The van der Waals surface area contributed by atoms with E-state index in [0.29, 0.717) is 18.7 Å². The number of hydrogen-bond donors (Lipinski definition) is 2. The monoisotopic (exact) mass is 270 g/mol. The van der Waals surface area contributed by atoms with Crippen LogP contribution in [0.1, 0.15) is 6.42 Å². The molecule has 2 aliphatic heterocycles. The molecule has 8 nitrogen and oxygen atoms in total. The van der Waals surface area contributed by atoms with Gasteiger partial charge in [0.05, 0.1) is 19.3 Å². The number of nitrogens with zero attached hydrogens (tertiary/aromatic N) is 1. The summed E-state index contributed by atoms with van der Waals surface area (Å²) in [5.74, 6) is -1.45. The van der Waals surface area contributed by atoms with Crippen LogP contribution in [0.4, 0.5) is 0 Å². The van der Waals surface area contributed by atoms with Crippen molar-refractivity contribution in [3.05, 3.63) is 33.7 Å². The fourth-order valence-corrected chi connectivity index (χ4v) is 2.28. The number of carboxylic acid groups (broad SMARTS) is 1. The second kappa shape index (κ2) is 5.59. The minimum Gasteiger partial charge on any atom is -0.500 e. The van der Waals surface area contributed by atoms with E-state index in [1.165, 1.54) is 0 Å². The normalized spacial score (nSPS) is 22.2. The van der Waals surface area contributed by atoms with E-state index in [9.17, 15) is 14.9 Å².